The van der Waals surface area contributed by atoms with Crippen LogP contribution >= 0.6 is 0 Å². The molecule has 3 rings (SSSR count). The number of rotatable bonds is 14. The molecule has 0 bridgehead atoms. The molecule has 0 saturated heterocycles. The average Bonchev–Trinajstić information content (AvgIpc) is 2.93. The van der Waals surface area contributed by atoms with Crippen molar-refractivity contribution in [1.82, 2.24) is 14.5 Å². The number of nitrogens with zero attached hydrogens (tertiary/aromatic N) is 2. The zero-order valence-electron chi connectivity index (χ0n) is 22.2. The number of ether oxygens (including phenoxy) is 1. The maximum atomic E-state index is 13.9. The number of hydrogen-bond donors (Lipinski definition) is 2. The molecule has 0 saturated carbocycles. The highest BCUT2D eigenvalue weighted by Gasteiger charge is 2.33. The van der Waals surface area contributed by atoms with Gasteiger partial charge < -0.3 is 20.1 Å². The molecule has 0 fully saturated rings. The Morgan fingerprint density at radius 1 is 0.897 bits per heavy atom. The highest BCUT2D eigenvalue weighted by Crippen LogP contribution is 2.25. The summed E-state index contributed by atoms with van der Waals surface area (Å²) in [5, 5.41) is 12.0. The quantitative estimate of drug-likeness (QED) is 0.297. The van der Waals surface area contributed by atoms with Gasteiger partial charge in [-0.25, -0.2) is 8.42 Å². The van der Waals surface area contributed by atoms with E-state index in [0.717, 1.165) is 21.7 Å². The van der Waals surface area contributed by atoms with E-state index < -0.39 is 34.4 Å². The summed E-state index contributed by atoms with van der Waals surface area (Å²) >= 11 is 0. The van der Waals surface area contributed by atoms with Crippen LogP contribution in [0.2, 0.25) is 0 Å². The highest BCUT2D eigenvalue weighted by molar-refractivity contribution is 7.88. The molecule has 0 spiro atoms. The molecule has 1 atom stereocenters. The molecule has 3 aromatic rings. The lowest BCUT2D eigenvalue weighted by Gasteiger charge is -2.33. The van der Waals surface area contributed by atoms with Crippen molar-refractivity contribution in [2.75, 3.05) is 33.1 Å². The smallest absolute Gasteiger partial charge is 0.247 e. The van der Waals surface area contributed by atoms with Crippen LogP contribution in [0.4, 0.5) is 0 Å². The van der Waals surface area contributed by atoms with Crippen LogP contribution in [-0.2, 0) is 32.7 Å². The Balaban J connectivity index is 2.00. The summed E-state index contributed by atoms with van der Waals surface area (Å²) in [6, 6.07) is 24.0. The molecule has 2 N–H and O–H groups in total. The minimum Gasteiger partial charge on any atom is -0.497 e. The molecule has 0 heterocycles. The number of carbonyl (C=O) groups excluding carboxylic acids is 2. The van der Waals surface area contributed by atoms with Crippen LogP contribution in [-0.4, -0.2) is 67.6 Å². The van der Waals surface area contributed by atoms with Crippen LogP contribution in [0.1, 0.15) is 29.2 Å². The highest BCUT2D eigenvalue weighted by atomic mass is 32.2. The molecule has 0 aliphatic heterocycles. The predicted octanol–water partition coefficient (Wildman–Crippen LogP) is 2.73. The predicted molar refractivity (Wildman–Crippen MR) is 149 cm³/mol. The van der Waals surface area contributed by atoms with Crippen LogP contribution in [0.25, 0.3) is 0 Å². The standard InChI is InChI=1S/C29H35N3O6S/c1-38-26-16-14-24(15-17-26)21-32(28(25-12-7-4-8-13-25)29(35)30-18-9-19-33)27(34)22-31(39(2,36)37)20-23-10-5-3-6-11-23/h3-8,10-17,28,33H,9,18-22H2,1-2H3,(H,30,35)/t28-/m1/s1. The van der Waals surface area contributed by atoms with Crippen molar-refractivity contribution in [3.05, 3.63) is 102 Å². The summed E-state index contributed by atoms with van der Waals surface area (Å²) in [6.45, 7) is -0.239. The van der Waals surface area contributed by atoms with Crippen molar-refractivity contribution in [2.24, 2.45) is 0 Å². The van der Waals surface area contributed by atoms with Crippen LogP contribution < -0.4 is 10.1 Å². The van der Waals surface area contributed by atoms with E-state index in [4.69, 9.17) is 4.74 Å². The number of benzene rings is 3. The van der Waals surface area contributed by atoms with Crippen molar-refractivity contribution in [3.8, 4) is 5.75 Å². The largest absolute Gasteiger partial charge is 0.497 e. The van der Waals surface area contributed by atoms with E-state index in [0.29, 0.717) is 17.7 Å². The van der Waals surface area contributed by atoms with E-state index in [2.05, 4.69) is 5.32 Å². The van der Waals surface area contributed by atoms with Crippen molar-refractivity contribution in [1.29, 1.82) is 0 Å². The molecule has 3 aromatic carbocycles. The van der Waals surface area contributed by atoms with E-state index in [-0.39, 0.29) is 26.2 Å². The average molecular weight is 554 g/mol. The van der Waals surface area contributed by atoms with Gasteiger partial charge in [-0.05, 0) is 35.2 Å². The van der Waals surface area contributed by atoms with Crippen LogP contribution in [0, 0.1) is 0 Å². The third-order valence-corrected chi connectivity index (χ3v) is 7.32. The summed E-state index contributed by atoms with van der Waals surface area (Å²) < 4.78 is 31.8. The Bertz CT molecular complexity index is 1300. The van der Waals surface area contributed by atoms with Gasteiger partial charge in [-0.3, -0.25) is 9.59 Å². The lowest BCUT2D eigenvalue weighted by Crippen LogP contribution is -2.48. The fraction of sp³-hybridized carbons (Fsp3) is 0.310. The second-order valence-electron chi connectivity index (χ2n) is 9.07. The third-order valence-electron chi connectivity index (χ3n) is 6.12. The maximum absolute atomic E-state index is 13.9. The molecule has 0 unspecified atom stereocenters. The molecule has 0 aromatic heterocycles. The van der Waals surface area contributed by atoms with E-state index in [1.54, 1.807) is 79.9 Å². The molecule has 9 nitrogen and oxygen atoms in total. The zero-order chi connectivity index (χ0) is 28.3. The first-order valence-corrected chi connectivity index (χ1v) is 14.4. The fourth-order valence-electron chi connectivity index (χ4n) is 4.07. The van der Waals surface area contributed by atoms with Gasteiger partial charge in [0.25, 0.3) is 0 Å². The fourth-order valence-corrected chi connectivity index (χ4v) is 4.79. The van der Waals surface area contributed by atoms with Crippen molar-refractivity contribution in [2.45, 2.75) is 25.6 Å². The van der Waals surface area contributed by atoms with E-state index >= 15 is 0 Å². The lowest BCUT2D eigenvalue weighted by molar-refractivity contribution is -0.141. The van der Waals surface area contributed by atoms with Crippen LogP contribution in [0.15, 0.2) is 84.9 Å². The monoisotopic (exact) mass is 553 g/mol. The first kappa shape index (κ1) is 29.8. The lowest BCUT2D eigenvalue weighted by atomic mass is 10.0. The third kappa shape index (κ3) is 8.91. The Hall–Kier alpha value is -3.73. The Morgan fingerprint density at radius 3 is 2.05 bits per heavy atom. The molecule has 0 radical (unpaired) electrons. The van der Waals surface area contributed by atoms with Crippen LogP contribution in [0.3, 0.4) is 0 Å². The van der Waals surface area contributed by atoms with Crippen molar-refractivity contribution in [3.63, 3.8) is 0 Å². The summed E-state index contributed by atoms with van der Waals surface area (Å²) in [4.78, 5) is 28.8. The normalized spacial score (nSPS) is 12.1. The Morgan fingerprint density at radius 2 is 1.49 bits per heavy atom. The van der Waals surface area contributed by atoms with Gasteiger partial charge in [0.05, 0.1) is 19.9 Å². The number of carbonyl (C=O) groups is 2. The first-order chi connectivity index (χ1) is 18.7. The number of nitrogens with one attached hydrogen (secondary N) is 1. The molecule has 39 heavy (non-hydrogen) atoms. The maximum Gasteiger partial charge on any atom is 0.247 e. The second-order valence-corrected chi connectivity index (χ2v) is 11.1. The van der Waals surface area contributed by atoms with Crippen molar-refractivity contribution < 1.29 is 27.9 Å². The first-order valence-electron chi connectivity index (χ1n) is 12.6. The van der Waals surface area contributed by atoms with Gasteiger partial charge in [0.2, 0.25) is 21.8 Å². The summed E-state index contributed by atoms with van der Waals surface area (Å²) in [5.41, 5.74) is 2.05. The number of aliphatic hydroxyl groups excluding tert-OH is 1. The minimum absolute atomic E-state index is 0.0144. The number of amides is 2. The zero-order valence-corrected chi connectivity index (χ0v) is 23.0. The Kier molecular flexibility index (Phi) is 11.0. The minimum atomic E-state index is -3.76. The number of aliphatic hydroxyl groups is 1. The van der Waals surface area contributed by atoms with E-state index in [1.807, 2.05) is 12.1 Å². The van der Waals surface area contributed by atoms with E-state index in [9.17, 15) is 23.1 Å². The van der Waals surface area contributed by atoms with Crippen molar-refractivity contribution >= 4 is 21.8 Å². The molecule has 0 aliphatic rings. The molecule has 2 amide bonds. The van der Waals surface area contributed by atoms with Gasteiger partial charge in [0, 0.05) is 26.2 Å². The second kappa shape index (κ2) is 14.4. The summed E-state index contributed by atoms with van der Waals surface area (Å²) in [5.74, 6) is -0.312. The SMILES string of the molecule is COc1ccc(CN(C(=O)CN(Cc2ccccc2)S(C)(=O)=O)[C@@H](C(=O)NCCCO)c2ccccc2)cc1. The molecule has 208 valence electrons. The van der Waals surface area contributed by atoms with E-state index in [1.165, 1.54) is 4.90 Å². The van der Waals surface area contributed by atoms with Crippen LogP contribution in [0.5, 0.6) is 5.75 Å². The van der Waals surface area contributed by atoms with Gasteiger partial charge >= 0.3 is 0 Å². The van der Waals surface area contributed by atoms with Gasteiger partial charge in [0.1, 0.15) is 11.8 Å². The topological polar surface area (TPSA) is 116 Å². The van der Waals surface area contributed by atoms with Gasteiger partial charge in [-0.2, -0.15) is 4.31 Å². The number of methoxy groups -OCH3 is 1. The molecular weight excluding hydrogens is 518 g/mol. The van der Waals surface area contributed by atoms with Gasteiger partial charge in [-0.15, -0.1) is 0 Å². The number of hydrogen-bond acceptors (Lipinski definition) is 6. The molecule has 10 heteroatoms. The van der Waals surface area contributed by atoms with Gasteiger partial charge in [-0.1, -0.05) is 72.8 Å². The Labute approximate surface area is 230 Å². The molecule has 0 aliphatic carbocycles. The summed E-state index contributed by atoms with van der Waals surface area (Å²) in [7, 11) is -2.21. The number of sulfonamides is 1. The molecular formula is C29H35N3O6S. The summed E-state index contributed by atoms with van der Waals surface area (Å²) in [6.07, 6.45) is 1.42. The van der Waals surface area contributed by atoms with Gasteiger partial charge in [0.15, 0.2) is 0 Å².